The van der Waals surface area contributed by atoms with E-state index in [1.807, 2.05) is 6.34 Å². The standard InChI is InChI=1S/C11H20N2/c1-8(2)11-6-12-7-13(9(3)4)10(11)5/h7-9H,6H2,1-5H3. The van der Waals surface area contributed by atoms with Gasteiger partial charge in [0, 0.05) is 11.7 Å². The van der Waals surface area contributed by atoms with Gasteiger partial charge in [0.1, 0.15) is 0 Å². The van der Waals surface area contributed by atoms with Crippen LogP contribution >= 0.6 is 0 Å². The van der Waals surface area contributed by atoms with Gasteiger partial charge in [0.15, 0.2) is 0 Å². The molecule has 0 aromatic rings. The van der Waals surface area contributed by atoms with E-state index in [4.69, 9.17) is 0 Å². The molecule has 0 N–H and O–H groups in total. The predicted octanol–water partition coefficient (Wildman–Crippen LogP) is 2.67. The second kappa shape index (κ2) is 3.95. The Morgan fingerprint density at radius 3 is 2.38 bits per heavy atom. The highest BCUT2D eigenvalue weighted by Gasteiger charge is 2.17. The van der Waals surface area contributed by atoms with Gasteiger partial charge in [-0.05, 0) is 32.3 Å². The number of allylic oxidation sites excluding steroid dienone is 1. The Balaban J connectivity index is 2.89. The van der Waals surface area contributed by atoms with Gasteiger partial charge < -0.3 is 4.90 Å². The molecular weight excluding hydrogens is 160 g/mol. The molecule has 1 aliphatic rings. The second-order valence-corrected chi connectivity index (χ2v) is 4.22. The first-order chi connectivity index (χ1) is 6.04. The molecule has 0 unspecified atom stereocenters. The summed E-state index contributed by atoms with van der Waals surface area (Å²) in [5, 5.41) is 0. The van der Waals surface area contributed by atoms with E-state index in [1.54, 1.807) is 0 Å². The molecule has 0 aliphatic carbocycles. The maximum Gasteiger partial charge on any atom is 0.0898 e. The van der Waals surface area contributed by atoms with Crippen molar-refractivity contribution in [1.29, 1.82) is 0 Å². The first kappa shape index (κ1) is 10.3. The minimum absolute atomic E-state index is 0.512. The molecule has 0 saturated heterocycles. The van der Waals surface area contributed by atoms with Crippen molar-refractivity contribution in [2.75, 3.05) is 6.54 Å². The average molecular weight is 180 g/mol. The van der Waals surface area contributed by atoms with E-state index in [9.17, 15) is 0 Å². The SMILES string of the molecule is CC1=C(C(C)C)CN=CN1C(C)C. The quantitative estimate of drug-likeness (QED) is 0.638. The lowest BCUT2D eigenvalue weighted by Gasteiger charge is -2.31. The van der Waals surface area contributed by atoms with Crippen molar-refractivity contribution in [2.45, 2.75) is 40.7 Å². The van der Waals surface area contributed by atoms with Gasteiger partial charge in [-0.2, -0.15) is 0 Å². The molecule has 0 fully saturated rings. The highest BCUT2D eigenvalue weighted by molar-refractivity contribution is 5.61. The number of hydrogen-bond acceptors (Lipinski definition) is 2. The Morgan fingerprint density at radius 1 is 1.31 bits per heavy atom. The maximum absolute atomic E-state index is 4.38. The molecule has 1 heterocycles. The Hall–Kier alpha value is -0.790. The minimum Gasteiger partial charge on any atom is -0.334 e. The summed E-state index contributed by atoms with van der Waals surface area (Å²) in [6.45, 7) is 11.9. The van der Waals surface area contributed by atoms with Crippen molar-refractivity contribution >= 4 is 6.34 Å². The highest BCUT2D eigenvalue weighted by atomic mass is 15.2. The van der Waals surface area contributed by atoms with Crippen LogP contribution in [0.15, 0.2) is 16.3 Å². The Kier molecular flexibility index (Phi) is 3.12. The van der Waals surface area contributed by atoms with Crippen LogP contribution in [0.1, 0.15) is 34.6 Å². The molecule has 0 atom stereocenters. The van der Waals surface area contributed by atoms with Gasteiger partial charge in [-0.3, -0.25) is 4.99 Å². The fourth-order valence-electron chi connectivity index (χ4n) is 1.71. The van der Waals surface area contributed by atoms with Gasteiger partial charge in [0.2, 0.25) is 0 Å². The zero-order valence-corrected chi connectivity index (χ0v) is 9.33. The summed E-state index contributed by atoms with van der Waals surface area (Å²) >= 11 is 0. The summed E-state index contributed by atoms with van der Waals surface area (Å²) < 4.78 is 0. The molecule has 0 aromatic heterocycles. The molecule has 13 heavy (non-hydrogen) atoms. The third-order valence-corrected chi connectivity index (χ3v) is 2.57. The fraction of sp³-hybridized carbons (Fsp3) is 0.727. The Morgan fingerprint density at radius 2 is 1.92 bits per heavy atom. The number of rotatable bonds is 2. The van der Waals surface area contributed by atoms with Crippen molar-refractivity contribution in [1.82, 2.24) is 4.90 Å². The largest absolute Gasteiger partial charge is 0.334 e. The molecule has 2 nitrogen and oxygen atoms in total. The summed E-state index contributed by atoms with van der Waals surface area (Å²) in [5.41, 5.74) is 2.86. The molecule has 2 heteroatoms. The van der Waals surface area contributed by atoms with Crippen LogP contribution < -0.4 is 0 Å². The first-order valence-electron chi connectivity index (χ1n) is 5.02. The van der Waals surface area contributed by atoms with E-state index < -0.39 is 0 Å². The topological polar surface area (TPSA) is 15.6 Å². The van der Waals surface area contributed by atoms with Crippen LogP contribution in [0.25, 0.3) is 0 Å². The summed E-state index contributed by atoms with van der Waals surface area (Å²) in [6, 6.07) is 0.512. The zero-order valence-electron chi connectivity index (χ0n) is 9.33. The van der Waals surface area contributed by atoms with Gasteiger partial charge in [-0.1, -0.05) is 13.8 Å². The number of hydrogen-bond donors (Lipinski definition) is 0. The maximum atomic E-state index is 4.38. The van der Waals surface area contributed by atoms with E-state index in [2.05, 4.69) is 44.5 Å². The van der Waals surface area contributed by atoms with Crippen molar-refractivity contribution < 1.29 is 0 Å². The van der Waals surface area contributed by atoms with E-state index in [0.29, 0.717) is 12.0 Å². The van der Waals surface area contributed by atoms with Crippen LogP contribution in [0, 0.1) is 5.92 Å². The van der Waals surface area contributed by atoms with Crippen LogP contribution in [0.4, 0.5) is 0 Å². The molecule has 74 valence electrons. The second-order valence-electron chi connectivity index (χ2n) is 4.22. The lowest BCUT2D eigenvalue weighted by atomic mass is 9.99. The smallest absolute Gasteiger partial charge is 0.0898 e. The monoisotopic (exact) mass is 180 g/mol. The summed E-state index contributed by atoms with van der Waals surface area (Å²) in [7, 11) is 0. The molecule has 0 saturated carbocycles. The molecule has 0 radical (unpaired) electrons. The zero-order chi connectivity index (χ0) is 10.0. The summed E-state index contributed by atoms with van der Waals surface area (Å²) in [5.74, 6) is 0.610. The van der Waals surface area contributed by atoms with Gasteiger partial charge in [-0.15, -0.1) is 0 Å². The minimum atomic E-state index is 0.512. The third-order valence-electron chi connectivity index (χ3n) is 2.57. The molecule has 1 rings (SSSR count). The molecular formula is C11H20N2. The van der Waals surface area contributed by atoms with Crippen LogP contribution in [-0.2, 0) is 0 Å². The van der Waals surface area contributed by atoms with Gasteiger partial charge in [0.05, 0.1) is 12.9 Å². The van der Waals surface area contributed by atoms with E-state index in [0.717, 1.165) is 6.54 Å². The van der Waals surface area contributed by atoms with Gasteiger partial charge in [0.25, 0.3) is 0 Å². The lowest BCUT2D eigenvalue weighted by molar-refractivity contribution is 0.417. The van der Waals surface area contributed by atoms with E-state index in [-0.39, 0.29) is 0 Å². The average Bonchev–Trinajstić information content (AvgIpc) is 2.03. The van der Waals surface area contributed by atoms with Crippen LogP contribution in [0.5, 0.6) is 0 Å². The van der Waals surface area contributed by atoms with Crippen LogP contribution in [0.2, 0.25) is 0 Å². The molecule has 0 bridgehead atoms. The first-order valence-corrected chi connectivity index (χ1v) is 5.02. The van der Waals surface area contributed by atoms with E-state index >= 15 is 0 Å². The van der Waals surface area contributed by atoms with Gasteiger partial charge >= 0.3 is 0 Å². The molecule has 1 aliphatic heterocycles. The fourth-order valence-corrected chi connectivity index (χ4v) is 1.71. The van der Waals surface area contributed by atoms with Crippen molar-refractivity contribution in [3.8, 4) is 0 Å². The third kappa shape index (κ3) is 2.11. The molecule has 0 spiro atoms. The normalized spacial score (nSPS) is 17.9. The Labute approximate surface area is 81.3 Å². The van der Waals surface area contributed by atoms with Crippen molar-refractivity contribution in [3.05, 3.63) is 11.3 Å². The van der Waals surface area contributed by atoms with Gasteiger partial charge in [-0.25, -0.2) is 0 Å². The van der Waals surface area contributed by atoms with Crippen LogP contribution in [-0.4, -0.2) is 23.8 Å². The molecule has 0 amide bonds. The number of nitrogens with zero attached hydrogens (tertiary/aromatic N) is 2. The Bertz CT molecular complexity index is 236. The van der Waals surface area contributed by atoms with E-state index in [1.165, 1.54) is 11.3 Å². The summed E-state index contributed by atoms with van der Waals surface area (Å²) in [6.07, 6.45) is 1.96. The predicted molar refractivity (Wildman–Crippen MR) is 57.9 cm³/mol. The molecule has 0 aromatic carbocycles. The summed E-state index contributed by atoms with van der Waals surface area (Å²) in [4.78, 5) is 6.62. The van der Waals surface area contributed by atoms with Crippen molar-refractivity contribution in [2.24, 2.45) is 10.9 Å². The number of aliphatic imine (C=N–C) groups is 1. The van der Waals surface area contributed by atoms with Crippen LogP contribution in [0.3, 0.4) is 0 Å². The lowest BCUT2D eigenvalue weighted by Crippen LogP contribution is -2.32. The van der Waals surface area contributed by atoms with Crippen molar-refractivity contribution in [3.63, 3.8) is 0 Å². The highest BCUT2D eigenvalue weighted by Crippen LogP contribution is 2.22.